The van der Waals surface area contributed by atoms with Crippen molar-refractivity contribution in [1.29, 1.82) is 0 Å². The Balaban J connectivity index is 1.39. The van der Waals surface area contributed by atoms with E-state index >= 15 is 0 Å². The lowest BCUT2D eigenvalue weighted by Crippen LogP contribution is -2.43. The molecule has 45 heavy (non-hydrogen) atoms. The molecule has 0 aromatic heterocycles. The molecule has 4 aromatic rings. The minimum atomic E-state index is -0.721. The zero-order valence-electron chi connectivity index (χ0n) is 25.2. The summed E-state index contributed by atoms with van der Waals surface area (Å²) in [6.45, 7) is 0. The highest BCUT2D eigenvalue weighted by molar-refractivity contribution is 5.51. The first kappa shape index (κ1) is 32.1. The molecule has 0 radical (unpaired) electrons. The molecule has 1 aliphatic rings. The third kappa shape index (κ3) is 9.11. The molecule has 1 heterocycles. The van der Waals surface area contributed by atoms with E-state index in [1.54, 1.807) is 48.5 Å². The monoisotopic (exact) mass is 610 g/mol. The maximum absolute atomic E-state index is 11.8. The van der Waals surface area contributed by atoms with Crippen LogP contribution in [0.25, 0.3) is 6.08 Å². The number of aromatic hydroxyl groups is 4. The summed E-state index contributed by atoms with van der Waals surface area (Å²) in [4.78, 5) is 0. The van der Waals surface area contributed by atoms with E-state index in [1.165, 1.54) is 0 Å². The van der Waals surface area contributed by atoms with Crippen LogP contribution in [0.3, 0.4) is 0 Å². The summed E-state index contributed by atoms with van der Waals surface area (Å²) >= 11 is 0. The van der Waals surface area contributed by atoms with Crippen LogP contribution < -0.4 is 0 Å². The number of aryl methyl sites for hydroxylation is 2. The number of allylic oxidation sites excluding steroid dienone is 1. The molecule has 0 amide bonds. The molecular weight excluding hydrogens is 568 g/mol. The number of hydrogen-bond acceptors (Lipinski definition) is 7. The van der Waals surface area contributed by atoms with Gasteiger partial charge in [-0.2, -0.15) is 0 Å². The molecule has 236 valence electrons. The Morgan fingerprint density at radius 1 is 0.689 bits per heavy atom. The minimum absolute atomic E-state index is 0.143. The largest absolute Gasteiger partial charge is 0.508 e. The maximum atomic E-state index is 11.8. The summed E-state index contributed by atoms with van der Waals surface area (Å²) < 4.78 is 6.75. The summed E-state index contributed by atoms with van der Waals surface area (Å²) in [6.07, 6.45) is 5.28. The van der Waals surface area contributed by atoms with E-state index in [1.807, 2.05) is 60.7 Å². The van der Waals surface area contributed by atoms with Gasteiger partial charge in [-0.3, -0.25) is 0 Å². The Kier molecular flexibility index (Phi) is 10.8. The number of rotatable bonds is 12. The van der Waals surface area contributed by atoms with E-state index in [0.717, 1.165) is 28.7 Å². The molecule has 1 fully saturated rings. The molecule has 1 aliphatic heterocycles. The summed E-state index contributed by atoms with van der Waals surface area (Å²) in [5.41, 5.74) is 3.81. The Labute approximate surface area is 264 Å². The fourth-order valence-electron chi connectivity index (χ4n) is 6.24. The van der Waals surface area contributed by atoms with Crippen molar-refractivity contribution in [3.05, 3.63) is 125 Å². The van der Waals surface area contributed by atoms with E-state index in [4.69, 9.17) is 4.74 Å². The van der Waals surface area contributed by atoms with Crippen molar-refractivity contribution < 1.29 is 35.4 Å². The van der Waals surface area contributed by atoms with Gasteiger partial charge in [-0.25, -0.2) is 0 Å². The molecule has 6 N–H and O–H groups in total. The van der Waals surface area contributed by atoms with Crippen molar-refractivity contribution in [2.75, 3.05) is 0 Å². The number of phenols is 4. The van der Waals surface area contributed by atoms with E-state index < -0.39 is 18.3 Å². The fourth-order valence-corrected chi connectivity index (χ4v) is 6.24. The van der Waals surface area contributed by atoms with Gasteiger partial charge in [-0.1, -0.05) is 60.7 Å². The first-order valence-electron chi connectivity index (χ1n) is 15.6. The molecule has 1 saturated heterocycles. The van der Waals surface area contributed by atoms with Gasteiger partial charge in [-0.15, -0.1) is 0 Å². The van der Waals surface area contributed by atoms with Crippen LogP contribution in [0.5, 0.6) is 23.0 Å². The topological polar surface area (TPSA) is 131 Å². The van der Waals surface area contributed by atoms with Crippen LogP contribution in [0, 0.1) is 11.8 Å². The number of hydrogen-bond donors (Lipinski definition) is 6. The van der Waals surface area contributed by atoms with Crippen molar-refractivity contribution in [3.8, 4) is 23.0 Å². The second kappa shape index (κ2) is 15.1. The molecule has 5 rings (SSSR count). The van der Waals surface area contributed by atoms with Gasteiger partial charge in [0.05, 0.1) is 24.4 Å². The van der Waals surface area contributed by atoms with Crippen LogP contribution in [-0.4, -0.2) is 49.0 Å². The third-order valence-electron chi connectivity index (χ3n) is 8.72. The highest BCUT2D eigenvalue weighted by Crippen LogP contribution is 2.44. The number of aliphatic hydroxyl groups is 2. The Morgan fingerprint density at radius 2 is 1.20 bits per heavy atom. The predicted octanol–water partition coefficient (Wildman–Crippen LogP) is 6.66. The summed E-state index contributed by atoms with van der Waals surface area (Å²) in [6, 6.07) is 27.8. The Bertz CT molecular complexity index is 1500. The lowest BCUT2D eigenvalue weighted by molar-refractivity contribution is -0.153. The smallest absolute Gasteiger partial charge is 0.115 e. The molecular formula is C38H42O7. The quantitative estimate of drug-likeness (QED) is 0.106. The van der Waals surface area contributed by atoms with Crippen molar-refractivity contribution >= 4 is 6.08 Å². The number of ether oxygens (including phenoxy) is 1. The van der Waals surface area contributed by atoms with E-state index in [2.05, 4.69) is 0 Å². The van der Waals surface area contributed by atoms with Crippen LogP contribution in [0.2, 0.25) is 0 Å². The lowest BCUT2D eigenvalue weighted by Gasteiger charge is -2.44. The Hall–Kier alpha value is -4.30. The van der Waals surface area contributed by atoms with E-state index in [-0.39, 0.29) is 40.9 Å². The van der Waals surface area contributed by atoms with Crippen molar-refractivity contribution in [3.63, 3.8) is 0 Å². The molecule has 7 heteroatoms. The maximum Gasteiger partial charge on any atom is 0.115 e. The molecule has 0 unspecified atom stereocenters. The molecule has 0 spiro atoms. The summed E-state index contributed by atoms with van der Waals surface area (Å²) in [5.74, 6) is 0.0948. The molecule has 0 saturated carbocycles. The van der Waals surface area contributed by atoms with Crippen molar-refractivity contribution in [1.82, 2.24) is 0 Å². The molecule has 0 bridgehead atoms. The summed E-state index contributed by atoms with van der Waals surface area (Å²) in [5, 5.41) is 62.0. The molecule has 6 atom stereocenters. The Morgan fingerprint density at radius 3 is 1.78 bits per heavy atom. The second-order valence-corrected chi connectivity index (χ2v) is 12.1. The molecule has 4 aromatic carbocycles. The molecule has 0 aliphatic carbocycles. The zero-order valence-corrected chi connectivity index (χ0v) is 25.2. The third-order valence-corrected chi connectivity index (χ3v) is 8.72. The highest BCUT2D eigenvalue weighted by atomic mass is 16.5. The lowest BCUT2D eigenvalue weighted by atomic mass is 9.73. The van der Waals surface area contributed by atoms with Crippen LogP contribution >= 0.6 is 0 Å². The van der Waals surface area contributed by atoms with Gasteiger partial charge in [-0.05, 0) is 115 Å². The van der Waals surface area contributed by atoms with Gasteiger partial charge in [0, 0.05) is 5.92 Å². The van der Waals surface area contributed by atoms with Gasteiger partial charge in [0.2, 0.25) is 0 Å². The van der Waals surface area contributed by atoms with Crippen LogP contribution in [0.4, 0.5) is 0 Å². The highest BCUT2D eigenvalue weighted by Gasteiger charge is 2.42. The van der Waals surface area contributed by atoms with Gasteiger partial charge < -0.3 is 35.4 Å². The van der Waals surface area contributed by atoms with Gasteiger partial charge in [0.1, 0.15) is 23.0 Å². The normalized spacial score (nSPS) is 21.5. The number of phenolic OH excluding ortho intramolecular Hbond substituents is 4. The van der Waals surface area contributed by atoms with Crippen LogP contribution in [0.1, 0.15) is 54.0 Å². The van der Waals surface area contributed by atoms with Crippen molar-refractivity contribution in [2.24, 2.45) is 11.8 Å². The number of benzene rings is 4. The van der Waals surface area contributed by atoms with E-state index in [9.17, 15) is 30.6 Å². The van der Waals surface area contributed by atoms with Gasteiger partial charge in [0.15, 0.2) is 0 Å². The fraction of sp³-hybridized carbons (Fsp3) is 0.316. The average molecular weight is 611 g/mol. The minimum Gasteiger partial charge on any atom is -0.508 e. The first-order valence-corrected chi connectivity index (χ1v) is 15.6. The van der Waals surface area contributed by atoms with Gasteiger partial charge in [0.25, 0.3) is 0 Å². The standard InChI is InChI=1S/C38H42O7/c39-30-13-2-25(3-14-30)1-10-29(23-34(43)19-8-26-4-15-31(40)16-5-26)37-36(44)24-35(22-9-27-6-17-32(41)18-7-27)45-38(37)28-11-20-33(42)21-12-28/h1-7,10-18,20-21,29,34-44H,8-9,19,22-24H2/b10-1+/t29-,34+,35+,36+,37-,38+/m1/s1. The van der Waals surface area contributed by atoms with Crippen LogP contribution in [-0.2, 0) is 17.6 Å². The zero-order chi connectivity index (χ0) is 31.8. The second-order valence-electron chi connectivity index (χ2n) is 12.1. The predicted molar refractivity (Wildman–Crippen MR) is 174 cm³/mol. The number of aliphatic hydroxyl groups excluding tert-OH is 2. The summed E-state index contributed by atoms with van der Waals surface area (Å²) in [7, 11) is 0. The van der Waals surface area contributed by atoms with Crippen LogP contribution in [0.15, 0.2) is 103 Å². The average Bonchev–Trinajstić information content (AvgIpc) is 3.03. The van der Waals surface area contributed by atoms with E-state index in [0.29, 0.717) is 32.1 Å². The first-order chi connectivity index (χ1) is 21.7. The van der Waals surface area contributed by atoms with Crippen molar-refractivity contribution in [2.45, 2.75) is 62.9 Å². The SMILES string of the molecule is Oc1ccc(/C=C/[C@H](C[C@@H](O)CCc2ccc(O)cc2)[C@@H]2[C@@H](O)C[C@H](CCc3ccc(O)cc3)O[C@H]2c2ccc(O)cc2)cc1. The molecule has 7 nitrogen and oxygen atoms in total. The van der Waals surface area contributed by atoms with Gasteiger partial charge >= 0.3 is 0 Å².